The monoisotopic (exact) mass is 277 g/mol. The summed E-state index contributed by atoms with van der Waals surface area (Å²) in [6.07, 6.45) is 4.67. The summed E-state index contributed by atoms with van der Waals surface area (Å²) in [5.74, 6) is 1.17. The molecule has 0 radical (unpaired) electrons. The van der Waals surface area contributed by atoms with E-state index >= 15 is 0 Å². The quantitative estimate of drug-likeness (QED) is 0.930. The first-order chi connectivity index (χ1) is 9.20. The molecule has 2 aromatic rings. The molecule has 0 unspecified atom stereocenters. The summed E-state index contributed by atoms with van der Waals surface area (Å²) in [6.45, 7) is 3.88. The van der Waals surface area contributed by atoms with Crippen LogP contribution in [0.5, 0.6) is 0 Å². The van der Waals surface area contributed by atoms with Crippen LogP contribution in [0.2, 0.25) is 5.02 Å². The molecule has 0 bridgehead atoms. The minimum Gasteiger partial charge on any atom is -0.329 e. The maximum Gasteiger partial charge on any atom is 0.117 e. The minimum absolute atomic E-state index is 0.0979. The Morgan fingerprint density at radius 2 is 2.21 bits per heavy atom. The molecule has 1 saturated carbocycles. The maximum absolute atomic E-state index is 6.08. The lowest BCUT2D eigenvalue weighted by Gasteiger charge is -2.40. The average Bonchev–Trinajstić information content (AvgIpc) is 2.68. The molecule has 102 valence electrons. The Hall–Kier alpha value is -1.06. The first-order valence-electron chi connectivity index (χ1n) is 7.06. The Balaban J connectivity index is 2.19. The molecular formula is C15H20ClN3. The first kappa shape index (κ1) is 12.9. The van der Waals surface area contributed by atoms with E-state index in [1.807, 2.05) is 12.1 Å². The Bertz CT molecular complexity index is 593. The van der Waals surface area contributed by atoms with Crippen molar-refractivity contribution in [3.05, 3.63) is 29.0 Å². The molecule has 3 rings (SSSR count). The molecule has 1 aromatic heterocycles. The summed E-state index contributed by atoms with van der Waals surface area (Å²) >= 11 is 6.08. The second-order valence-corrected chi connectivity index (χ2v) is 5.99. The number of halogens is 1. The van der Waals surface area contributed by atoms with Crippen molar-refractivity contribution in [1.29, 1.82) is 0 Å². The average molecular weight is 278 g/mol. The Labute approximate surface area is 118 Å². The molecule has 0 amide bonds. The van der Waals surface area contributed by atoms with Gasteiger partial charge in [-0.25, -0.2) is 4.98 Å². The third kappa shape index (κ3) is 1.96. The van der Waals surface area contributed by atoms with Crippen LogP contribution in [0.1, 0.15) is 38.4 Å². The van der Waals surface area contributed by atoms with Crippen molar-refractivity contribution in [1.82, 2.24) is 9.55 Å². The van der Waals surface area contributed by atoms with Crippen LogP contribution in [0.15, 0.2) is 18.2 Å². The van der Waals surface area contributed by atoms with Gasteiger partial charge in [-0.05, 0) is 37.5 Å². The third-order valence-corrected chi connectivity index (χ3v) is 4.57. The number of hydrogen-bond acceptors (Lipinski definition) is 2. The number of rotatable bonds is 4. The van der Waals surface area contributed by atoms with Crippen molar-refractivity contribution in [2.75, 3.05) is 6.54 Å². The Kier molecular flexibility index (Phi) is 3.27. The van der Waals surface area contributed by atoms with Gasteiger partial charge in [0, 0.05) is 23.5 Å². The zero-order chi connectivity index (χ0) is 13.5. The molecule has 3 nitrogen and oxygen atoms in total. The summed E-state index contributed by atoms with van der Waals surface area (Å²) in [5, 5.41) is 0.746. The second kappa shape index (κ2) is 4.80. The van der Waals surface area contributed by atoms with E-state index in [1.54, 1.807) is 0 Å². The largest absolute Gasteiger partial charge is 0.329 e. The van der Waals surface area contributed by atoms with Gasteiger partial charge < -0.3 is 10.3 Å². The van der Waals surface area contributed by atoms with Crippen molar-refractivity contribution < 1.29 is 0 Å². The molecule has 4 heteroatoms. The SMILES string of the molecule is CCCn1c(C2(CN)CCC2)nc2cc(Cl)ccc21. The van der Waals surface area contributed by atoms with Gasteiger partial charge >= 0.3 is 0 Å². The lowest BCUT2D eigenvalue weighted by atomic mass is 9.68. The number of nitrogens with two attached hydrogens (primary N) is 1. The van der Waals surface area contributed by atoms with Gasteiger partial charge in [0.05, 0.1) is 11.0 Å². The number of hydrogen-bond donors (Lipinski definition) is 1. The van der Waals surface area contributed by atoms with Crippen LogP contribution in [0.3, 0.4) is 0 Å². The number of fused-ring (bicyclic) bond motifs is 1. The molecule has 0 atom stereocenters. The number of benzene rings is 1. The van der Waals surface area contributed by atoms with Gasteiger partial charge in [-0.1, -0.05) is 24.9 Å². The molecular weight excluding hydrogens is 258 g/mol. The number of aromatic nitrogens is 2. The van der Waals surface area contributed by atoms with Crippen LogP contribution < -0.4 is 5.73 Å². The predicted molar refractivity (Wildman–Crippen MR) is 79.6 cm³/mol. The molecule has 1 aliphatic carbocycles. The van der Waals surface area contributed by atoms with Crippen LogP contribution in [0.4, 0.5) is 0 Å². The molecule has 1 aromatic carbocycles. The van der Waals surface area contributed by atoms with E-state index in [0.29, 0.717) is 6.54 Å². The van der Waals surface area contributed by atoms with Crippen molar-refractivity contribution >= 4 is 22.6 Å². The lowest BCUT2D eigenvalue weighted by Crippen LogP contribution is -2.43. The Morgan fingerprint density at radius 1 is 1.42 bits per heavy atom. The summed E-state index contributed by atoms with van der Waals surface area (Å²) in [7, 11) is 0. The van der Waals surface area contributed by atoms with Crippen molar-refractivity contribution in [3.63, 3.8) is 0 Å². The van der Waals surface area contributed by atoms with Gasteiger partial charge in [0.25, 0.3) is 0 Å². The number of aryl methyl sites for hydroxylation is 1. The van der Waals surface area contributed by atoms with E-state index in [4.69, 9.17) is 22.3 Å². The van der Waals surface area contributed by atoms with Gasteiger partial charge in [0.2, 0.25) is 0 Å². The number of imidazole rings is 1. The highest BCUT2D eigenvalue weighted by Crippen LogP contribution is 2.43. The van der Waals surface area contributed by atoms with Crippen LogP contribution in [0, 0.1) is 0 Å². The van der Waals surface area contributed by atoms with Gasteiger partial charge in [-0.2, -0.15) is 0 Å². The summed E-state index contributed by atoms with van der Waals surface area (Å²) in [4.78, 5) is 4.86. The molecule has 1 heterocycles. The molecule has 19 heavy (non-hydrogen) atoms. The second-order valence-electron chi connectivity index (χ2n) is 5.56. The molecule has 1 aliphatic rings. The van der Waals surface area contributed by atoms with Crippen molar-refractivity contribution in [2.45, 2.75) is 44.6 Å². The summed E-state index contributed by atoms with van der Waals surface area (Å²) in [6, 6.07) is 5.97. The molecule has 0 spiro atoms. The van der Waals surface area contributed by atoms with Crippen LogP contribution in [-0.4, -0.2) is 16.1 Å². The predicted octanol–water partition coefficient (Wildman–Crippen LogP) is 3.48. The summed E-state index contributed by atoms with van der Waals surface area (Å²) < 4.78 is 2.34. The van der Waals surface area contributed by atoms with E-state index in [9.17, 15) is 0 Å². The smallest absolute Gasteiger partial charge is 0.117 e. The van der Waals surface area contributed by atoms with Crippen LogP contribution in [0.25, 0.3) is 11.0 Å². The van der Waals surface area contributed by atoms with Crippen molar-refractivity contribution in [2.24, 2.45) is 5.73 Å². The fourth-order valence-electron chi connectivity index (χ4n) is 3.08. The highest BCUT2D eigenvalue weighted by atomic mass is 35.5. The highest BCUT2D eigenvalue weighted by molar-refractivity contribution is 6.31. The number of nitrogens with zero attached hydrogens (tertiary/aromatic N) is 2. The zero-order valence-corrected chi connectivity index (χ0v) is 12.1. The van der Waals surface area contributed by atoms with Crippen molar-refractivity contribution in [3.8, 4) is 0 Å². The van der Waals surface area contributed by atoms with Gasteiger partial charge in [-0.3, -0.25) is 0 Å². The molecule has 2 N–H and O–H groups in total. The van der Waals surface area contributed by atoms with Crippen LogP contribution >= 0.6 is 11.6 Å². The van der Waals surface area contributed by atoms with Gasteiger partial charge in [-0.15, -0.1) is 0 Å². The normalized spacial score (nSPS) is 17.6. The van der Waals surface area contributed by atoms with E-state index in [1.165, 1.54) is 17.8 Å². The molecule has 0 aliphatic heterocycles. The van der Waals surface area contributed by atoms with Crippen LogP contribution in [-0.2, 0) is 12.0 Å². The van der Waals surface area contributed by atoms with Gasteiger partial charge in [0.15, 0.2) is 0 Å². The highest BCUT2D eigenvalue weighted by Gasteiger charge is 2.41. The topological polar surface area (TPSA) is 43.8 Å². The summed E-state index contributed by atoms with van der Waals surface area (Å²) in [5.41, 5.74) is 8.31. The minimum atomic E-state index is 0.0979. The molecule has 1 fully saturated rings. The maximum atomic E-state index is 6.08. The fourth-order valence-corrected chi connectivity index (χ4v) is 3.25. The Morgan fingerprint density at radius 3 is 2.79 bits per heavy atom. The molecule has 0 saturated heterocycles. The van der Waals surface area contributed by atoms with E-state index < -0.39 is 0 Å². The third-order valence-electron chi connectivity index (χ3n) is 4.33. The van der Waals surface area contributed by atoms with E-state index in [0.717, 1.165) is 36.3 Å². The van der Waals surface area contributed by atoms with E-state index in [-0.39, 0.29) is 5.41 Å². The zero-order valence-electron chi connectivity index (χ0n) is 11.3. The van der Waals surface area contributed by atoms with Gasteiger partial charge in [0.1, 0.15) is 5.82 Å². The first-order valence-corrected chi connectivity index (χ1v) is 7.44. The fraction of sp³-hybridized carbons (Fsp3) is 0.533. The standard InChI is InChI=1S/C15H20ClN3/c1-2-8-19-13-5-4-11(16)9-12(13)18-14(19)15(10-17)6-3-7-15/h4-5,9H,2-3,6-8,10,17H2,1H3. The van der Waals surface area contributed by atoms with E-state index in [2.05, 4.69) is 17.6 Å². The lowest BCUT2D eigenvalue weighted by molar-refractivity contribution is 0.231.